The third-order valence-electron chi connectivity index (χ3n) is 4.17. The first-order chi connectivity index (χ1) is 12.4. The van der Waals surface area contributed by atoms with Gasteiger partial charge in [0.1, 0.15) is 12.2 Å². The molecule has 0 bridgehead atoms. The predicted octanol–water partition coefficient (Wildman–Crippen LogP) is 3.31. The number of methoxy groups -OCH3 is 1. The molecule has 0 aliphatic heterocycles. The van der Waals surface area contributed by atoms with Gasteiger partial charge in [0.15, 0.2) is 0 Å². The first-order valence-electron chi connectivity index (χ1n) is 8.67. The van der Waals surface area contributed by atoms with Gasteiger partial charge in [-0.25, -0.2) is 0 Å². The number of amides is 2. The Hall–Kier alpha value is -2.82. The van der Waals surface area contributed by atoms with Crippen LogP contribution in [-0.2, 0) is 16.0 Å². The van der Waals surface area contributed by atoms with Crippen molar-refractivity contribution >= 4 is 17.5 Å². The molecule has 5 nitrogen and oxygen atoms in total. The molecule has 2 rings (SSSR count). The Bertz CT molecular complexity index is 777. The first kappa shape index (κ1) is 19.5. The van der Waals surface area contributed by atoms with Crippen molar-refractivity contribution in [1.82, 2.24) is 5.32 Å². The summed E-state index contributed by atoms with van der Waals surface area (Å²) in [5.74, 6) is 0.194. The molecule has 0 radical (unpaired) electrons. The molecule has 2 N–H and O–H groups in total. The van der Waals surface area contributed by atoms with Crippen LogP contribution in [0.1, 0.15) is 28.7 Å². The first-order valence-corrected chi connectivity index (χ1v) is 8.67. The van der Waals surface area contributed by atoms with Crippen LogP contribution in [0.3, 0.4) is 0 Å². The fourth-order valence-corrected chi connectivity index (χ4v) is 3.02. The fourth-order valence-electron chi connectivity index (χ4n) is 3.02. The second-order valence-electron chi connectivity index (χ2n) is 6.41. The normalized spacial score (nSPS) is 10.3. The lowest BCUT2D eigenvalue weighted by Crippen LogP contribution is -2.30. The number of carbonyl (C=O) groups is 2. The number of ether oxygens (including phenoxy) is 1. The minimum Gasteiger partial charge on any atom is -0.496 e. The average Bonchev–Trinajstić information content (AvgIpc) is 2.58. The van der Waals surface area contributed by atoms with Gasteiger partial charge < -0.3 is 15.4 Å². The zero-order valence-corrected chi connectivity index (χ0v) is 15.8. The van der Waals surface area contributed by atoms with Crippen molar-refractivity contribution in [2.24, 2.45) is 0 Å². The lowest BCUT2D eigenvalue weighted by atomic mass is 10.0. The van der Waals surface area contributed by atoms with Gasteiger partial charge in [-0.15, -0.1) is 0 Å². The Morgan fingerprint density at radius 1 is 1.00 bits per heavy atom. The zero-order valence-electron chi connectivity index (χ0n) is 15.8. The molecule has 0 heterocycles. The number of nitrogens with one attached hydrogen (secondary N) is 2. The lowest BCUT2D eigenvalue weighted by molar-refractivity contribution is -0.126. The minimum atomic E-state index is -0.310. The molecule has 26 heavy (non-hydrogen) atoms. The van der Waals surface area contributed by atoms with E-state index in [2.05, 4.69) is 10.6 Å². The molecule has 0 spiro atoms. The molecule has 0 aliphatic rings. The quantitative estimate of drug-likeness (QED) is 0.750. The maximum Gasteiger partial charge on any atom is 0.233 e. The van der Waals surface area contributed by atoms with Crippen molar-refractivity contribution in [1.29, 1.82) is 0 Å². The second-order valence-corrected chi connectivity index (χ2v) is 6.41. The monoisotopic (exact) mass is 354 g/mol. The Morgan fingerprint density at radius 2 is 1.65 bits per heavy atom. The highest BCUT2D eigenvalue weighted by molar-refractivity contribution is 6.04. The number of hydrogen-bond donors (Lipinski definition) is 2. The molecular weight excluding hydrogens is 328 g/mol. The molecule has 0 aromatic heterocycles. The van der Waals surface area contributed by atoms with Gasteiger partial charge in [0, 0.05) is 12.2 Å². The van der Waals surface area contributed by atoms with E-state index in [4.69, 9.17) is 4.74 Å². The van der Waals surface area contributed by atoms with E-state index >= 15 is 0 Å². The summed E-state index contributed by atoms with van der Waals surface area (Å²) in [5.41, 5.74) is 4.93. The largest absolute Gasteiger partial charge is 0.496 e. The number of rotatable bonds is 7. The molecule has 0 saturated carbocycles. The van der Waals surface area contributed by atoms with E-state index in [-0.39, 0.29) is 18.2 Å². The molecule has 0 aliphatic carbocycles. The van der Waals surface area contributed by atoms with Crippen LogP contribution in [-0.4, -0.2) is 25.5 Å². The summed E-state index contributed by atoms with van der Waals surface area (Å²) < 4.78 is 5.29. The smallest absolute Gasteiger partial charge is 0.233 e. The van der Waals surface area contributed by atoms with Gasteiger partial charge in [-0.3, -0.25) is 9.59 Å². The number of aryl methyl sites for hydroxylation is 3. The van der Waals surface area contributed by atoms with Crippen molar-refractivity contribution in [3.05, 3.63) is 58.7 Å². The highest BCUT2D eigenvalue weighted by atomic mass is 16.5. The van der Waals surface area contributed by atoms with Crippen LogP contribution in [0.15, 0.2) is 36.4 Å². The van der Waals surface area contributed by atoms with Crippen LogP contribution >= 0.6 is 0 Å². The van der Waals surface area contributed by atoms with Crippen molar-refractivity contribution in [2.75, 3.05) is 19.0 Å². The third-order valence-corrected chi connectivity index (χ3v) is 4.17. The summed E-state index contributed by atoms with van der Waals surface area (Å²) in [5, 5.41) is 5.63. The summed E-state index contributed by atoms with van der Waals surface area (Å²) >= 11 is 0. The molecule has 2 aromatic carbocycles. The highest BCUT2D eigenvalue weighted by Crippen LogP contribution is 2.22. The van der Waals surface area contributed by atoms with E-state index in [1.54, 1.807) is 7.11 Å². The minimum absolute atomic E-state index is 0.196. The van der Waals surface area contributed by atoms with Gasteiger partial charge in [-0.05, 0) is 49.9 Å². The Morgan fingerprint density at radius 3 is 2.31 bits per heavy atom. The van der Waals surface area contributed by atoms with Gasteiger partial charge >= 0.3 is 0 Å². The van der Waals surface area contributed by atoms with Gasteiger partial charge in [0.25, 0.3) is 0 Å². The fraction of sp³-hybridized carbons (Fsp3) is 0.333. The van der Waals surface area contributed by atoms with Crippen molar-refractivity contribution in [3.63, 3.8) is 0 Å². The summed E-state index contributed by atoms with van der Waals surface area (Å²) in [6.45, 7) is 6.36. The molecule has 5 heteroatoms. The van der Waals surface area contributed by atoms with E-state index in [0.29, 0.717) is 13.0 Å². The van der Waals surface area contributed by atoms with Crippen LogP contribution in [0, 0.1) is 20.8 Å². The van der Waals surface area contributed by atoms with Crippen molar-refractivity contribution in [3.8, 4) is 5.75 Å². The predicted molar refractivity (Wildman–Crippen MR) is 104 cm³/mol. The van der Waals surface area contributed by atoms with E-state index in [9.17, 15) is 9.59 Å². The maximum absolute atomic E-state index is 12.2. The molecule has 0 fully saturated rings. The number of hydrogen-bond acceptors (Lipinski definition) is 3. The van der Waals surface area contributed by atoms with Gasteiger partial charge in [0.2, 0.25) is 11.8 Å². The molecular formula is C21H26N2O3. The molecule has 138 valence electrons. The maximum atomic E-state index is 12.2. The summed E-state index contributed by atoms with van der Waals surface area (Å²) in [7, 11) is 1.62. The molecule has 0 unspecified atom stereocenters. The summed E-state index contributed by atoms with van der Waals surface area (Å²) in [6.07, 6.45) is 0.451. The average molecular weight is 354 g/mol. The van der Waals surface area contributed by atoms with E-state index in [1.807, 2.05) is 57.2 Å². The number of anilines is 1. The van der Waals surface area contributed by atoms with Gasteiger partial charge in [0.05, 0.1) is 7.11 Å². The molecule has 2 aromatic rings. The number of carbonyl (C=O) groups excluding carboxylic acids is 2. The third kappa shape index (κ3) is 5.34. The summed E-state index contributed by atoms with van der Waals surface area (Å²) in [6, 6.07) is 11.7. The molecule has 2 amide bonds. The topological polar surface area (TPSA) is 67.4 Å². The van der Waals surface area contributed by atoms with Crippen molar-refractivity contribution in [2.45, 2.75) is 33.6 Å². The summed E-state index contributed by atoms with van der Waals surface area (Å²) in [4.78, 5) is 24.2. The van der Waals surface area contributed by atoms with E-state index in [0.717, 1.165) is 33.7 Å². The molecule has 0 atom stereocenters. The van der Waals surface area contributed by atoms with Crippen LogP contribution in [0.5, 0.6) is 5.75 Å². The second kappa shape index (κ2) is 9.04. The Kier molecular flexibility index (Phi) is 6.78. The Labute approximate surface area is 154 Å². The number of para-hydroxylation sites is 1. The van der Waals surface area contributed by atoms with Gasteiger partial charge in [-0.1, -0.05) is 35.9 Å². The zero-order chi connectivity index (χ0) is 19.1. The standard InChI is InChI=1S/C21H26N2O3/c1-14-11-15(2)21(16(3)12-14)23-20(25)13-19(24)22-10-9-17-7-5-6-8-18(17)26-4/h5-8,11-12H,9-10,13H2,1-4H3,(H,22,24)(H,23,25). The van der Waals surface area contributed by atoms with Gasteiger partial charge in [-0.2, -0.15) is 0 Å². The van der Waals surface area contributed by atoms with Crippen LogP contribution in [0.2, 0.25) is 0 Å². The van der Waals surface area contributed by atoms with E-state index in [1.165, 1.54) is 0 Å². The lowest BCUT2D eigenvalue weighted by Gasteiger charge is -2.13. The van der Waals surface area contributed by atoms with E-state index < -0.39 is 0 Å². The van der Waals surface area contributed by atoms with Crippen LogP contribution < -0.4 is 15.4 Å². The Balaban J connectivity index is 1.83. The molecule has 0 saturated heterocycles. The highest BCUT2D eigenvalue weighted by Gasteiger charge is 2.12. The SMILES string of the molecule is COc1ccccc1CCNC(=O)CC(=O)Nc1c(C)cc(C)cc1C. The van der Waals surface area contributed by atoms with Crippen LogP contribution in [0.25, 0.3) is 0 Å². The van der Waals surface area contributed by atoms with Crippen LogP contribution in [0.4, 0.5) is 5.69 Å². The number of benzene rings is 2. The van der Waals surface area contributed by atoms with Crippen molar-refractivity contribution < 1.29 is 14.3 Å².